The van der Waals surface area contributed by atoms with Gasteiger partial charge in [0.1, 0.15) is 5.65 Å². The zero-order valence-electron chi connectivity index (χ0n) is 18.8. The van der Waals surface area contributed by atoms with Crippen molar-refractivity contribution in [2.45, 2.75) is 19.6 Å². The maximum absolute atomic E-state index is 12.8. The summed E-state index contributed by atoms with van der Waals surface area (Å²) in [5.41, 5.74) is 3.77. The second-order valence-corrected chi connectivity index (χ2v) is 8.26. The summed E-state index contributed by atoms with van der Waals surface area (Å²) >= 11 is 0. The number of hydrogen-bond acceptors (Lipinski definition) is 4. The minimum Gasteiger partial charge on any atom is -0.348 e. The maximum Gasteiger partial charge on any atom is 0.253 e. The molecule has 0 atom stereocenters. The van der Waals surface area contributed by atoms with Crippen molar-refractivity contribution in [3.63, 3.8) is 0 Å². The summed E-state index contributed by atoms with van der Waals surface area (Å²) in [6.07, 6.45) is 6.87. The molecule has 0 aliphatic heterocycles. The number of benzene rings is 1. The van der Waals surface area contributed by atoms with Crippen LogP contribution in [0, 0.1) is 0 Å². The fourth-order valence-corrected chi connectivity index (χ4v) is 3.96. The summed E-state index contributed by atoms with van der Waals surface area (Å²) in [7, 11) is 0. The van der Waals surface area contributed by atoms with Crippen molar-refractivity contribution in [2.24, 2.45) is 0 Å². The molecular weight excluding hydrogens is 442 g/mol. The van der Waals surface area contributed by atoms with Crippen LogP contribution in [-0.4, -0.2) is 25.0 Å². The third kappa shape index (κ3) is 4.96. The number of aromatic nitrogens is 4. The van der Waals surface area contributed by atoms with E-state index in [-0.39, 0.29) is 17.0 Å². The van der Waals surface area contributed by atoms with Crippen molar-refractivity contribution in [1.82, 2.24) is 24.4 Å². The molecular formula is C27H23N5O3. The lowest BCUT2D eigenvalue weighted by atomic mass is 10.1. The molecule has 1 aromatic carbocycles. The molecule has 4 aromatic heterocycles. The molecule has 0 aliphatic rings. The molecule has 0 saturated carbocycles. The predicted molar refractivity (Wildman–Crippen MR) is 133 cm³/mol. The summed E-state index contributed by atoms with van der Waals surface area (Å²) in [5.74, 6) is -0.263. The second-order valence-electron chi connectivity index (χ2n) is 8.26. The lowest BCUT2D eigenvalue weighted by Gasteiger charge is -2.10. The monoisotopic (exact) mass is 465 g/mol. The van der Waals surface area contributed by atoms with Crippen molar-refractivity contribution >= 4 is 16.9 Å². The van der Waals surface area contributed by atoms with Crippen LogP contribution in [0.25, 0.3) is 11.0 Å². The predicted octanol–water partition coefficient (Wildman–Crippen LogP) is 2.91. The van der Waals surface area contributed by atoms with Crippen molar-refractivity contribution in [2.75, 3.05) is 0 Å². The average Bonchev–Trinajstić information content (AvgIpc) is 3.29. The molecule has 1 amide bonds. The summed E-state index contributed by atoms with van der Waals surface area (Å²) in [6.45, 7) is 1.15. The minimum atomic E-state index is -0.263. The van der Waals surface area contributed by atoms with Crippen LogP contribution in [0.4, 0.5) is 0 Å². The molecule has 4 heterocycles. The van der Waals surface area contributed by atoms with Crippen molar-refractivity contribution < 1.29 is 4.79 Å². The fourth-order valence-electron chi connectivity index (χ4n) is 3.96. The highest BCUT2D eigenvalue weighted by atomic mass is 16.2. The van der Waals surface area contributed by atoms with Crippen molar-refractivity contribution in [1.29, 1.82) is 0 Å². The molecule has 174 valence electrons. The highest BCUT2D eigenvalue weighted by Gasteiger charge is 2.10. The van der Waals surface area contributed by atoms with Crippen LogP contribution in [0.5, 0.6) is 0 Å². The summed E-state index contributed by atoms with van der Waals surface area (Å²) in [4.78, 5) is 44.4. The number of nitrogens with zero attached hydrogens (tertiary/aromatic N) is 3. The van der Waals surface area contributed by atoms with E-state index in [0.29, 0.717) is 25.2 Å². The Labute approximate surface area is 200 Å². The zero-order chi connectivity index (χ0) is 24.2. The Balaban J connectivity index is 1.26. The molecule has 0 bridgehead atoms. The Morgan fingerprint density at radius 2 is 1.60 bits per heavy atom. The number of carbonyl (C=O) groups is 1. The number of fused-ring (bicyclic) bond motifs is 1. The van der Waals surface area contributed by atoms with Gasteiger partial charge in [0.25, 0.3) is 17.0 Å². The van der Waals surface area contributed by atoms with Gasteiger partial charge in [0.15, 0.2) is 0 Å². The van der Waals surface area contributed by atoms with Crippen molar-refractivity contribution in [3.05, 3.63) is 134 Å². The largest absolute Gasteiger partial charge is 0.348 e. The van der Waals surface area contributed by atoms with Gasteiger partial charge in [0.05, 0.1) is 18.7 Å². The van der Waals surface area contributed by atoms with E-state index in [1.807, 2.05) is 48.7 Å². The van der Waals surface area contributed by atoms with Gasteiger partial charge in [-0.1, -0.05) is 30.3 Å². The Kier molecular flexibility index (Phi) is 6.09. The van der Waals surface area contributed by atoms with Gasteiger partial charge < -0.3 is 19.4 Å². The number of hydrogen-bond donors (Lipinski definition) is 2. The molecule has 0 aliphatic carbocycles. The summed E-state index contributed by atoms with van der Waals surface area (Å²) < 4.78 is 3.15. The van der Waals surface area contributed by atoms with Gasteiger partial charge in [-0.25, -0.2) is 4.98 Å². The van der Waals surface area contributed by atoms with Crippen LogP contribution in [-0.2, 0) is 19.6 Å². The lowest BCUT2D eigenvalue weighted by molar-refractivity contribution is 0.0950. The average molecular weight is 466 g/mol. The smallest absolute Gasteiger partial charge is 0.253 e. The Bertz CT molecular complexity index is 1610. The molecule has 5 rings (SSSR count). The third-order valence-corrected chi connectivity index (χ3v) is 5.85. The number of aromatic amines is 1. The molecule has 8 heteroatoms. The molecule has 0 fully saturated rings. The van der Waals surface area contributed by atoms with Gasteiger partial charge in [-0.05, 0) is 41.0 Å². The molecule has 0 spiro atoms. The first-order chi connectivity index (χ1) is 17.1. The number of rotatable bonds is 7. The van der Waals surface area contributed by atoms with Crippen LogP contribution in [0.15, 0.2) is 101 Å². The van der Waals surface area contributed by atoms with Gasteiger partial charge in [-0.15, -0.1) is 0 Å². The van der Waals surface area contributed by atoms with Gasteiger partial charge in [-0.2, -0.15) is 0 Å². The van der Waals surface area contributed by atoms with Crippen molar-refractivity contribution in [3.8, 4) is 0 Å². The fraction of sp³-hybridized carbons (Fsp3) is 0.111. The van der Waals surface area contributed by atoms with E-state index in [9.17, 15) is 14.4 Å². The van der Waals surface area contributed by atoms with E-state index in [4.69, 9.17) is 0 Å². The normalized spacial score (nSPS) is 11.0. The van der Waals surface area contributed by atoms with E-state index in [0.717, 1.165) is 27.7 Å². The molecule has 0 radical (unpaired) electrons. The maximum atomic E-state index is 12.8. The highest BCUT2D eigenvalue weighted by molar-refractivity contribution is 5.94. The van der Waals surface area contributed by atoms with Crippen LogP contribution in [0.1, 0.15) is 27.0 Å². The van der Waals surface area contributed by atoms with Crippen LogP contribution >= 0.6 is 0 Å². The number of H-pyrrole nitrogens is 1. The zero-order valence-corrected chi connectivity index (χ0v) is 18.8. The number of carbonyl (C=O) groups excluding carboxylic acids is 1. The Morgan fingerprint density at radius 3 is 2.37 bits per heavy atom. The highest BCUT2D eigenvalue weighted by Crippen LogP contribution is 2.15. The van der Waals surface area contributed by atoms with Crippen LogP contribution in [0.3, 0.4) is 0 Å². The van der Waals surface area contributed by atoms with E-state index in [1.165, 1.54) is 22.8 Å². The Hall–Kier alpha value is -4.72. The summed E-state index contributed by atoms with van der Waals surface area (Å²) in [5, 5.41) is 3.87. The number of amides is 1. The lowest BCUT2D eigenvalue weighted by Crippen LogP contribution is -2.26. The molecule has 2 N–H and O–H groups in total. The first kappa shape index (κ1) is 22.1. The molecule has 5 aromatic rings. The first-order valence-corrected chi connectivity index (χ1v) is 11.2. The van der Waals surface area contributed by atoms with E-state index in [2.05, 4.69) is 15.3 Å². The summed E-state index contributed by atoms with van der Waals surface area (Å²) in [6, 6.07) is 19.5. The minimum absolute atomic E-state index is 0.0559. The molecule has 0 unspecified atom stereocenters. The molecule has 0 saturated heterocycles. The standard InChI is InChI=1S/C27H23N5O3/c33-24-5-1-2-13-31(24)16-19-6-8-20(9-7-19)17-32-18-21(10-11-25(32)34)27(35)30-15-22-14-29-26-23(22)4-3-12-28-26/h1-14,18H,15-17H2,(H,28,29)(H,30,35). The van der Waals surface area contributed by atoms with Gasteiger partial charge in [-0.3, -0.25) is 14.4 Å². The van der Waals surface area contributed by atoms with Gasteiger partial charge in [0.2, 0.25) is 0 Å². The van der Waals surface area contributed by atoms with Crippen LogP contribution < -0.4 is 16.4 Å². The quantitative estimate of drug-likeness (QED) is 0.386. The van der Waals surface area contributed by atoms with Crippen LogP contribution in [0.2, 0.25) is 0 Å². The SMILES string of the molecule is O=C(NCc1c[nH]c2ncccc12)c1ccc(=O)n(Cc2ccc(Cn3ccccc3=O)cc2)c1. The first-order valence-electron chi connectivity index (χ1n) is 11.2. The second kappa shape index (κ2) is 9.64. The third-order valence-electron chi connectivity index (χ3n) is 5.85. The molecule has 8 nitrogen and oxygen atoms in total. The van der Waals surface area contributed by atoms with Gasteiger partial charge in [0, 0.05) is 48.9 Å². The van der Waals surface area contributed by atoms with E-state index in [1.54, 1.807) is 29.2 Å². The van der Waals surface area contributed by atoms with E-state index < -0.39 is 0 Å². The van der Waals surface area contributed by atoms with E-state index >= 15 is 0 Å². The number of nitrogens with one attached hydrogen (secondary N) is 2. The number of pyridine rings is 3. The van der Waals surface area contributed by atoms with Gasteiger partial charge >= 0.3 is 0 Å². The Morgan fingerprint density at radius 1 is 0.857 bits per heavy atom. The topological polar surface area (TPSA) is 102 Å². The molecule has 35 heavy (non-hydrogen) atoms.